The molecule has 2 N–H and O–H groups in total. The predicted octanol–water partition coefficient (Wildman–Crippen LogP) is 4.85. The fourth-order valence-electron chi connectivity index (χ4n) is 3.79. The molecule has 1 heterocycles. The molecule has 2 aromatic rings. The number of hydrogen-bond acceptors (Lipinski definition) is 6. The molecule has 1 aliphatic rings. The van der Waals surface area contributed by atoms with E-state index >= 15 is 0 Å². The van der Waals surface area contributed by atoms with Crippen molar-refractivity contribution in [3.63, 3.8) is 0 Å². The zero-order chi connectivity index (χ0) is 24.6. The number of allylic oxidation sites excluding steroid dienone is 3. The summed E-state index contributed by atoms with van der Waals surface area (Å²) in [4.78, 5) is 34.8. The molecule has 0 spiro atoms. The molecule has 1 aliphatic carbocycles. The van der Waals surface area contributed by atoms with Crippen LogP contribution in [0.5, 0.6) is 0 Å². The van der Waals surface area contributed by atoms with Crippen molar-refractivity contribution in [2.75, 3.05) is 6.54 Å². The van der Waals surface area contributed by atoms with Gasteiger partial charge in [-0.05, 0) is 45.2 Å². The number of carbonyl (C=O) groups excluding carboxylic acids is 2. The van der Waals surface area contributed by atoms with Gasteiger partial charge in [0, 0.05) is 18.0 Å². The Hall–Kier alpha value is -3.62. The Kier molecular flexibility index (Phi) is 8.45. The fraction of sp³-hybridized carbons (Fsp3) is 0.440. The number of furan rings is 1. The Balaban J connectivity index is 1.28. The second kappa shape index (κ2) is 11.5. The number of nitro groups is 1. The van der Waals surface area contributed by atoms with Gasteiger partial charge in [0.05, 0.1) is 23.8 Å². The summed E-state index contributed by atoms with van der Waals surface area (Å²) in [6.07, 6.45) is 7.41. The molecule has 1 aromatic heterocycles. The topological polar surface area (TPSA) is 124 Å². The van der Waals surface area contributed by atoms with Crippen LogP contribution in [0.15, 0.2) is 58.7 Å². The van der Waals surface area contributed by atoms with Gasteiger partial charge in [-0.3, -0.25) is 14.9 Å². The van der Waals surface area contributed by atoms with Crippen LogP contribution in [0.4, 0.5) is 4.79 Å². The molecule has 0 bridgehead atoms. The van der Waals surface area contributed by atoms with Crippen LogP contribution in [0.2, 0.25) is 0 Å². The molecule has 0 radical (unpaired) electrons. The van der Waals surface area contributed by atoms with Gasteiger partial charge in [-0.2, -0.15) is 0 Å². The lowest BCUT2D eigenvalue weighted by Gasteiger charge is -2.25. The maximum atomic E-state index is 12.2. The average molecular weight is 470 g/mol. The number of fused-ring (bicyclic) bond motifs is 1. The van der Waals surface area contributed by atoms with Crippen LogP contribution in [0, 0.1) is 16.0 Å². The summed E-state index contributed by atoms with van der Waals surface area (Å²) in [7, 11) is 0. The largest absolute Gasteiger partial charge is 0.459 e. The van der Waals surface area contributed by atoms with Crippen molar-refractivity contribution < 1.29 is 23.7 Å². The number of hydrogen-bond donors (Lipinski definition) is 2. The molecule has 1 unspecified atom stereocenters. The van der Waals surface area contributed by atoms with E-state index in [1.54, 1.807) is 12.2 Å². The van der Waals surface area contributed by atoms with Crippen molar-refractivity contribution in [2.24, 2.45) is 5.92 Å². The first-order chi connectivity index (χ1) is 16.2. The molecule has 1 atom stereocenters. The van der Waals surface area contributed by atoms with Crippen molar-refractivity contribution >= 4 is 23.0 Å². The van der Waals surface area contributed by atoms with Gasteiger partial charge in [-0.1, -0.05) is 36.8 Å². The Morgan fingerprint density at radius 2 is 2.00 bits per heavy atom. The number of benzene rings is 1. The Bertz CT molecular complexity index is 1050. The Morgan fingerprint density at radius 3 is 2.76 bits per heavy atom. The van der Waals surface area contributed by atoms with E-state index in [1.165, 1.54) is 6.08 Å². The Labute approximate surface area is 198 Å². The van der Waals surface area contributed by atoms with E-state index in [4.69, 9.17) is 9.15 Å². The smallest absolute Gasteiger partial charge is 0.408 e. The number of rotatable bonds is 11. The number of nitrogens with zero attached hydrogens (tertiary/aromatic N) is 1. The van der Waals surface area contributed by atoms with E-state index in [2.05, 4.69) is 10.6 Å². The van der Waals surface area contributed by atoms with Crippen LogP contribution in [0.25, 0.3) is 11.0 Å². The van der Waals surface area contributed by atoms with Crippen LogP contribution in [0.3, 0.4) is 0 Å². The highest BCUT2D eigenvalue weighted by Gasteiger charge is 2.25. The van der Waals surface area contributed by atoms with Crippen molar-refractivity contribution in [3.05, 3.63) is 70.1 Å². The van der Waals surface area contributed by atoms with Gasteiger partial charge in [-0.15, -0.1) is 0 Å². The maximum Gasteiger partial charge on any atom is 0.408 e. The number of amides is 2. The highest BCUT2D eigenvalue weighted by Crippen LogP contribution is 2.21. The lowest BCUT2D eigenvalue weighted by Crippen LogP contribution is -2.34. The van der Waals surface area contributed by atoms with Crippen LogP contribution in [0.1, 0.15) is 51.7 Å². The summed E-state index contributed by atoms with van der Waals surface area (Å²) in [5, 5.41) is 17.4. The van der Waals surface area contributed by atoms with Crippen LogP contribution in [-0.4, -0.2) is 29.1 Å². The van der Waals surface area contributed by atoms with E-state index < -0.39 is 22.5 Å². The van der Waals surface area contributed by atoms with E-state index in [9.17, 15) is 19.7 Å². The molecule has 182 valence electrons. The fourth-order valence-corrected chi connectivity index (χ4v) is 3.79. The molecule has 0 fully saturated rings. The van der Waals surface area contributed by atoms with E-state index in [0.29, 0.717) is 18.7 Å². The predicted molar refractivity (Wildman–Crippen MR) is 127 cm³/mol. The molecule has 0 saturated heterocycles. The number of nitrogens with one attached hydrogen (secondary N) is 2. The molecule has 9 heteroatoms. The van der Waals surface area contributed by atoms with Gasteiger partial charge >= 0.3 is 6.09 Å². The van der Waals surface area contributed by atoms with E-state index in [0.717, 1.165) is 30.2 Å². The SMILES string of the molecule is CC(C)(CCCCCNC(=O)C1C=CC=C([N+](=O)[O-])C1)OC(=O)NCc1cc2ccccc2o1. The average Bonchev–Trinajstić information content (AvgIpc) is 3.22. The molecular weight excluding hydrogens is 438 g/mol. The summed E-state index contributed by atoms with van der Waals surface area (Å²) in [5.41, 5.74) is 0.198. The van der Waals surface area contributed by atoms with Gasteiger partial charge in [0.25, 0.3) is 0 Å². The molecular formula is C25H31N3O6. The van der Waals surface area contributed by atoms with Gasteiger partial charge in [-0.25, -0.2) is 4.79 Å². The molecule has 1 aromatic carbocycles. The summed E-state index contributed by atoms with van der Waals surface area (Å²) >= 11 is 0. The summed E-state index contributed by atoms with van der Waals surface area (Å²) < 4.78 is 11.2. The van der Waals surface area contributed by atoms with Crippen molar-refractivity contribution in [2.45, 2.75) is 58.1 Å². The standard InChI is InChI=1S/C25H31N3O6/c1-25(2,34-24(30)27-17-21-16-18-9-4-5-12-22(18)33-21)13-6-3-7-14-26-23(29)19-10-8-11-20(15-19)28(31)32/h4-5,8-12,16,19H,3,6-7,13-15,17H2,1-2H3,(H,26,29)(H,27,30). The second-order valence-electron chi connectivity index (χ2n) is 8.97. The van der Waals surface area contributed by atoms with E-state index in [1.807, 2.05) is 44.2 Å². The molecule has 9 nitrogen and oxygen atoms in total. The maximum absolute atomic E-state index is 12.2. The molecule has 0 aliphatic heterocycles. The first-order valence-electron chi connectivity index (χ1n) is 11.5. The molecule has 2 amide bonds. The number of alkyl carbamates (subject to hydrolysis) is 1. The monoisotopic (exact) mass is 469 g/mol. The third-order valence-electron chi connectivity index (χ3n) is 5.64. The summed E-state index contributed by atoms with van der Waals surface area (Å²) in [5.74, 6) is -0.0448. The van der Waals surface area contributed by atoms with Gasteiger partial charge in [0.15, 0.2) is 0 Å². The van der Waals surface area contributed by atoms with Gasteiger partial charge in [0.1, 0.15) is 16.9 Å². The minimum absolute atomic E-state index is 0.0477. The lowest BCUT2D eigenvalue weighted by atomic mass is 9.97. The molecule has 3 rings (SSSR count). The molecule has 0 saturated carbocycles. The normalized spacial score (nSPS) is 15.6. The minimum Gasteiger partial charge on any atom is -0.459 e. The number of ether oxygens (including phenoxy) is 1. The van der Waals surface area contributed by atoms with E-state index in [-0.39, 0.29) is 24.6 Å². The van der Waals surface area contributed by atoms with Crippen LogP contribution < -0.4 is 10.6 Å². The van der Waals surface area contributed by atoms with Crippen molar-refractivity contribution in [3.8, 4) is 0 Å². The minimum atomic E-state index is -0.626. The highest BCUT2D eigenvalue weighted by molar-refractivity contribution is 5.81. The number of carbonyl (C=O) groups is 2. The van der Waals surface area contributed by atoms with Crippen molar-refractivity contribution in [1.29, 1.82) is 0 Å². The lowest BCUT2D eigenvalue weighted by molar-refractivity contribution is -0.428. The zero-order valence-electron chi connectivity index (χ0n) is 19.5. The second-order valence-corrected chi connectivity index (χ2v) is 8.97. The number of unbranched alkanes of at least 4 members (excludes halogenated alkanes) is 2. The summed E-state index contributed by atoms with van der Waals surface area (Å²) in [6, 6.07) is 9.54. The first kappa shape index (κ1) is 25.0. The zero-order valence-corrected chi connectivity index (χ0v) is 19.5. The molecule has 34 heavy (non-hydrogen) atoms. The van der Waals surface area contributed by atoms with Crippen LogP contribution >= 0.6 is 0 Å². The summed E-state index contributed by atoms with van der Waals surface area (Å²) in [6.45, 7) is 4.48. The third kappa shape index (κ3) is 7.47. The van der Waals surface area contributed by atoms with Gasteiger partial charge < -0.3 is 19.8 Å². The highest BCUT2D eigenvalue weighted by atomic mass is 16.6. The first-order valence-corrected chi connectivity index (χ1v) is 11.5. The third-order valence-corrected chi connectivity index (χ3v) is 5.64. The van der Waals surface area contributed by atoms with Gasteiger partial charge in [0.2, 0.25) is 11.6 Å². The quantitative estimate of drug-likeness (QED) is 0.275. The number of para-hydroxylation sites is 1. The van der Waals surface area contributed by atoms with Crippen molar-refractivity contribution in [1.82, 2.24) is 10.6 Å². The Morgan fingerprint density at radius 1 is 1.21 bits per heavy atom. The van der Waals surface area contributed by atoms with Crippen LogP contribution in [-0.2, 0) is 16.1 Å².